The third-order valence-electron chi connectivity index (χ3n) is 2.52. The molecule has 19 heavy (non-hydrogen) atoms. The second-order valence-electron chi connectivity index (χ2n) is 3.85. The quantitative estimate of drug-likeness (QED) is 0.822. The zero-order chi connectivity index (χ0) is 13.8. The molecule has 0 amide bonds. The first-order valence-corrected chi connectivity index (χ1v) is 6.59. The fourth-order valence-corrected chi connectivity index (χ4v) is 2.47. The van der Waals surface area contributed by atoms with Crippen LogP contribution in [0.5, 0.6) is 0 Å². The lowest BCUT2D eigenvalue weighted by Crippen LogP contribution is -2.07. The van der Waals surface area contributed by atoms with Crippen molar-refractivity contribution in [1.29, 1.82) is 0 Å². The predicted molar refractivity (Wildman–Crippen MR) is 69.9 cm³/mol. The number of ether oxygens (including phenoxy) is 1. The van der Waals surface area contributed by atoms with E-state index >= 15 is 0 Å². The lowest BCUT2D eigenvalue weighted by atomic mass is 10.3. The molecular formula is C12H13FN2O3S. The van der Waals surface area contributed by atoms with Crippen molar-refractivity contribution in [2.45, 2.75) is 11.7 Å². The Morgan fingerprint density at radius 1 is 1.58 bits per heavy atom. The van der Waals surface area contributed by atoms with Crippen molar-refractivity contribution in [1.82, 2.24) is 9.55 Å². The van der Waals surface area contributed by atoms with Crippen LogP contribution in [0.25, 0.3) is 11.0 Å². The molecule has 1 aromatic heterocycles. The highest BCUT2D eigenvalue weighted by Gasteiger charge is 2.13. The number of nitrogens with zero attached hydrogens (tertiary/aromatic N) is 2. The molecule has 0 atom stereocenters. The van der Waals surface area contributed by atoms with Crippen LogP contribution < -0.4 is 0 Å². The van der Waals surface area contributed by atoms with Gasteiger partial charge in [-0.25, -0.2) is 9.37 Å². The molecule has 0 unspecified atom stereocenters. The minimum atomic E-state index is -0.915. The Morgan fingerprint density at radius 2 is 2.37 bits per heavy atom. The Bertz CT molecular complexity index is 600. The summed E-state index contributed by atoms with van der Waals surface area (Å²) in [5.74, 6) is -1.35. The predicted octanol–water partition coefficient (Wildman–Crippen LogP) is 2.00. The molecule has 0 aliphatic heterocycles. The summed E-state index contributed by atoms with van der Waals surface area (Å²) in [5, 5.41) is 9.27. The zero-order valence-electron chi connectivity index (χ0n) is 10.3. The molecule has 102 valence electrons. The van der Waals surface area contributed by atoms with Crippen LogP contribution in [0, 0.1) is 5.82 Å². The fourth-order valence-electron chi connectivity index (χ4n) is 1.71. The maximum atomic E-state index is 13.3. The second-order valence-corrected chi connectivity index (χ2v) is 4.80. The van der Waals surface area contributed by atoms with E-state index in [0.29, 0.717) is 29.3 Å². The van der Waals surface area contributed by atoms with E-state index in [9.17, 15) is 9.18 Å². The second kappa shape index (κ2) is 6.03. The number of imidazole rings is 1. The molecule has 1 heterocycles. The van der Waals surface area contributed by atoms with Crippen LogP contribution in [-0.4, -0.2) is 40.1 Å². The van der Waals surface area contributed by atoms with Gasteiger partial charge < -0.3 is 14.4 Å². The van der Waals surface area contributed by atoms with Gasteiger partial charge in [-0.05, 0) is 18.2 Å². The van der Waals surface area contributed by atoms with Crippen molar-refractivity contribution >= 4 is 28.8 Å². The van der Waals surface area contributed by atoms with E-state index < -0.39 is 5.97 Å². The Labute approximate surface area is 113 Å². The van der Waals surface area contributed by atoms with Gasteiger partial charge in [0.15, 0.2) is 5.16 Å². The van der Waals surface area contributed by atoms with Gasteiger partial charge in [0.1, 0.15) is 5.82 Å². The number of carboxylic acids is 1. The maximum absolute atomic E-state index is 13.3. The molecular weight excluding hydrogens is 271 g/mol. The molecule has 0 spiro atoms. The number of methoxy groups -OCH3 is 1. The van der Waals surface area contributed by atoms with E-state index in [4.69, 9.17) is 9.84 Å². The number of carbonyl (C=O) groups is 1. The Morgan fingerprint density at radius 3 is 3.05 bits per heavy atom. The minimum Gasteiger partial charge on any atom is -0.481 e. The molecule has 0 aliphatic rings. The lowest BCUT2D eigenvalue weighted by Gasteiger charge is -2.07. The Balaban J connectivity index is 2.39. The number of hydrogen-bond acceptors (Lipinski definition) is 4. The first kappa shape index (κ1) is 13.8. The summed E-state index contributed by atoms with van der Waals surface area (Å²) in [6.07, 6.45) is 0. The SMILES string of the molecule is COCCn1c(SCC(=O)O)nc2ccc(F)cc21. The van der Waals surface area contributed by atoms with Crippen molar-refractivity contribution in [2.24, 2.45) is 0 Å². The normalized spacial score (nSPS) is 11.1. The van der Waals surface area contributed by atoms with Gasteiger partial charge in [-0.1, -0.05) is 11.8 Å². The topological polar surface area (TPSA) is 64.3 Å². The summed E-state index contributed by atoms with van der Waals surface area (Å²) in [6, 6.07) is 4.31. The van der Waals surface area contributed by atoms with Crippen LogP contribution in [0.4, 0.5) is 4.39 Å². The molecule has 0 bridgehead atoms. The van der Waals surface area contributed by atoms with Crippen LogP contribution in [0.15, 0.2) is 23.4 Å². The van der Waals surface area contributed by atoms with Crippen molar-refractivity contribution < 1.29 is 19.0 Å². The third kappa shape index (κ3) is 3.24. The summed E-state index contributed by atoms with van der Waals surface area (Å²) < 4.78 is 20.1. The van der Waals surface area contributed by atoms with Gasteiger partial charge in [0.05, 0.1) is 23.4 Å². The number of thioether (sulfide) groups is 1. The van der Waals surface area contributed by atoms with Gasteiger partial charge in [0, 0.05) is 13.7 Å². The van der Waals surface area contributed by atoms with Crippen LogP contribution in [0.2, 0.25) is 0 Å². The number of hydrogen-bond donors (Lipinski definition) is 1. The lowest BCUT2D eigenvalue weighted by molar-refractivity contribution is -0.133. The summed E-state index contributed by atoms with van der Waals surface area (Å²) >= 11 is 1.11. The van der Waals surface area contributed by atoms with Gasteiger partial charge in [-0.15, -0.1) is 0 Å². The molecule has 0 radical (unpaired) electrons. The highest BCUT2D eigenvalue weighted by atomic mass is 32.2. The maximum Gasteiger partial charge on any atom is 0.313 e. The van der Waals surface area contributed by atoms with Gasteiger partial charge in [-0.3, -0.25) is 4.79 Å². The highest BCUT2D eigenvalue weighted by Crippen LogP contribution is 2.24. The first-order chi connectivity index (χ1) is 9.11. The van der Waals surface area contributed by atoms with Crippen LogP contribution in [0.1, 0.15) is 0 Å². The monoisotopic (exact) mass is 284 g/mol. The summed E-state index contributed by atoms with van der Waals surface area (Å²) in [6.45, 7) is 0.945. The average Bonchev–Trinajstić information content (AvgIpc) is 2.71. The number of rotatable bonds is 6. The Hall–Kier alpha value is -1.60. The summed E-state index contributed by atoms with van der Waals surface area (Å²) in [7, 11) is 1.57. The minimum absolute atomic E-state index is 0.0845. The fraction of sp³-hybridized carbons (Fsp3) is 0.333. The number of fused-ring (bicyclic) bond motifs is 1. The largest absolute Gasteiger partial charge is 0.481 e. The van der Waals surface area contributed by atoms with Crippen LogP contribution >= 0.6 is 11.8 Å². The van der Waals surface area contributed by atoms with Gasteiger partial charge >= 0.3 is 5.97 Å². The van der Waals surface area contributed by atoms with Crippen molar-refractivity contribution in [3.63, 3.8) is 0 Å². The molecule has 0 aliphatic carbocycles. The van der Waals surface area contributed by atoms with E-state index in [1.54, 1.807) is 17.7 Å². The third-order valence-corrected chi connectivity index (χ3v) is 3.48. The summed E-state index contributed by atoms with van der Waals surface area (Å²) in [5.41, 5.74) is 1.29. The molecule has 0 saturated carbocycles. The van der Waals surface area contributed by atoms with E-state index in [-0.39, 0.29) is 11.6 Å². The smallest absolute Gasteiger partial charge is 0.313 e. The van der Waals surface area contributed by atoms with E-state index in [0.717, 1.165) is 11.8 Å². The van der Waals surface area contributed by atoms with Gasteiger partial charge in [0.2, 0.25) is 0 Å². The Kier molecular flexibility index (Phi) is 4.39. The average molecular weight is 284 g/mol. The van der Waals surface area contributed by atoms with E-state index in [1.807, 2.05) is 0 Å². The number of benzene rings is 1. The summed E-state index contributed by atoms with van der Waals surface area (Å²) in [4.78, 5) is 14.9. The number of aromatic nitrogens is 2. The van der Waals surface area contributed by atoms with Crippen molar-refractivity contribution in [3.8, 4) is 0 Å². The molecule has 2 aromatic rings. The van der Waals surface area contributed by atoms with E-state index in [1.165, 1.54) is 12.1 Å². The van der Waals surface area contributed by atoms with Crippen molar-refractivity contribution in [2.75, 3.05) is 19.5 Å². The van der Waals surface area contributed by atoms with E-state index in [2.05, 4.69) is 4.98 Å². The van der Waals surface area contributed by atoms with Crippen LogP contribution in [-0.2, 0) is 16.1 Å². The molecule has 1 N–H and O–H groups in total. The molecule has 5 nitrogen and oxygen atoms in total. The number of carboxylic acid groups (broad SMARTS) is 1. The number of aliphatic carboxylic acids is 1. The highest BCUT2D eigenvalue weighted by molar-refractivity contribution is 7.99. The molecule has 1 aromatic carbocycles. The number of halogens is 1. The molecule has 0 saturated heterocycles. The molecule has 2 rings (SSSR count). The standard InChI is InChI=1S/C12H13FN2O3S/c1-18-5-4-15-10-6-8(13)2-3-9(10)14-12(15)19-7-11(16)17/h2-3,6H,4-5,7H2,1H3,(H,16,17). The van der Waals surface area contributed by atoms with Crippen LogP contribution in [0.3, 0.4) is 0 Å². The van der Waals surface area contributed by atoms with Gasteiger partial charge in [-0.2, -0.15) is 0 Å². The van der Waals surface area contributed by atoms with Gasteiger partial charge in [0.25, 0.3) is 0 Å². The molecule has 7 heteroatoms. The zero-order valence-corrected chi connectivity index (χ0v) is 11.1. The first-order valence-electron chi connectivity index (χ1n) is 5.61. The van der Waals surface area contributed by atoms with Crippen molar-refractivity contribution in [3.05, 3.63) is 24.0 Å². The molecule has 0 fully saturated rings.